The van der Waals surface area contributed by atoms with Crippen LogP contribution in [0.3, 0.4) is 0 Å². The van der Waals surface area contributed by atoms with Crippen LogP contribution in [-0.4, -0.2) is 29.8 Å². The maximum Gasteiger partial charge on any atom is 0.371 e. The SMILES string of the molecule is O=C(O)c1ccc(S(=O)(=O)N(Cc2cccs2)C2CC2)o1. The lowest BCUT2D eigenvalue weighted by atomic mass is 10.4. The third-order valence-corrected chi connectivity index (χ3v) is 5.83. The normalized spacial score (nSPS) is 15.5. The summed E-state index contributed by atoms with van der Waals surface area (Å²) < 4.78 is 31.6. The van der Waals surface area contributed by atoms with E-state index in [0.29, 0.717) is 0 Å². The molecule has 0 unspecified atom stereocenters. The molecule has 8 heteroatoms. The van der Waals surface area contributed by atoms with Gasteiger partial charge in [0.15, 0.2) is 0 Å². The molecule has 112 valence electrons. The standard InChI is InChI=1S/C13H13NO5S2/c15-13(16)11-5-6-12(19-11)21(17,18)14(9-3-4-9)8-10-2-1-7-20-10/h1-2,5-7,9H,3-4,8H2,(H,15,16). The van der Waals surface area contributed by atoms with E-state index < -0.39 is 16.0 Å². The molecule has 1 N–H and O–H groups in total. The zero-order chi connectivity index (χ0) is 15.0. The molecule has 3 rings (SSSR count). The van der Waals surface area contributed by atoms with Crippen LogP contribution in [0.25, 0.3) is 0 Å². The first-order valence-electron chi connectivity index (χ1n) is 6.36. The van der Waals surface area contributed by atoms with Gasteiger partial charge in [0.25, 0.3) is 10.0 Å². The number of sulfonamides is 1. The molecule has 2 aromatic rings. The van der Waals surface area contributed by atoms with Crippen molar-refractivity contribution < 1.29 is 22.7 Å². The maximum atomic E-state index is 12.6. The average Bonchev–Trinajstić information content (AvgIpc) is 2.95. The zero-order valence-corrected chi connectivity index (χ0v) is 12.6. The van der Waals surface area contributed by atoms with Gasteiger partial charge in [0.05, 0.1) is 0 Å². The van der Waals surface area contributed by atoms with Crippen LogP contribution >= 0.6 is 11.3 Å². The van der Waals surface area contributed by atoms with E-state index in [-0.39, 0.29) is 23.4 Å². The first kappa shape index (κ1) is 14.3. The molecule has 0 bridgehead atoms. The van der Waals surface area contributed by atoms with Crippen molar-refractivity contribution in [2.75, 3.05) is 0 Å². The van der Waals surface area contributed by atoms with Gasteiger partial charge in [-0.25, -0.2) is 13.2 Å². The van der Waals surface area contributed by atoms with E-state index in [4.69, 9.17) is 9.52 Å². The number of carboxylic acid groups (broad SMARTS) is 1. The topological polar surface area (TPSA) is 87.8 Å². The van der Waals surface area contributed by atoms with E-state index in [9.17, 15) is 13.2 Å². The van der Waals surface area contributed by atoms with E-state index in [0.717, 1.165) is 23.8 Å². The third kappa shape index (κ3) is 2.87. The number of aromatic carboxylic acids is 1. The van der Waals surface area contributed by atoms with Crippen LogP contribution in [0.15, 0.2) is 39.2 Å². The second-order valence-electron chi connectivity index (χ2n) is 4.78. The second kappa shape index (κ2) is 5.28. The lowest BCUT2D eigenvalue weighted by Crippen LogP contribution is -2.32. The molecule has 1 aliphatic carbocycles. The van der Waals surface area contributed by atoms with Crippen LogP contribution < -0.4 is 0 Å². The van der Waals surface area contributed by atoms with Crippen molar-refractivity contribution in [3.63, 3.8) is 0 Å². The Kier molecular flexibility index (Phi) is 3.60. The smallest absolute Gasteiger partial charge is 0.371 e. The lowest BCUT2D eigenvalue weighted by Gasteiger charge is -2.19. The molecular weight excluding hydrogens is 314 g/mol. The molecule has 1 saturated carbocycles. The fraction of sp³-hybridized carbons (Fsp3) is 0.308. The Balaban J connectivity index is 1.91. The minimum Gasteiger partial charge on any atom is -0.475 e. The first-order valence-corrected chi connectivity index (χ1v) is 8.68. The Hall–Kier alpha value is -1.64. The predicted octanol–water partition coefficient (Wildman–Crippen LogP) is 2.39. The molecule has 2 heterocycles. The van der Waals surface area contributed by atoms with Crippen molar-refractivity contribution in [1.29, 1.82) is 0 Å². The van der Waals surface area contributed by atoms with Gasteiger partial charge in [0.1, 0.15) is 0 Å². The number of carbonyl (C=O) groups is 1. The first-order chi connectivity index (χ1) is 9.98. The lowest BCUT2D eigenvalue weighted by molar-refractivity contribution is 0.0656. The molecule has 0 spiro atoms. The Morgan fingerprint density at radius 1 is 1.38 bits per heavy atom. The van der Waals surface area contributed by atoms with Gasteiger partial charge >= 0.3 is 5.97 Å². The van der Waals surface area contributed by atoms with Crippen molar-refractivity contribution in [3.05, 3.63) is 40.3 Å². The number of furan rings is 1. The van der Waals surface area contributed by atoms with E-state index in [2.05, 4.69) is 0 Å². The summed E-state index contributed by atoms with van der Waals surface area (Å²) in [5.41, 5.74) is 0. The number of hydrogen-bond acceptors (Lipinski definition) is 5. The van der Waals surface area contributed by atoms with Crippen LogP contribution in [0.4, 0.5) is 0 Å². The van der Waals surface area contributed by atoms with E-state index in [1.54, 1.807) is 0 Å². The number of rotatable bonds is 6. The van der Waals surface area contributed by atoms with Crippen molar-refractivity contribution in [3.8, 4) is 0 Å². The third-order valence-electron chi connectivity index (χ3n) is 3.20. The van der Waals surface area contributed by atoms with Gasteiger partial charge in [-0.05, 0) is 36.4 Å². The molecule has 0 radical (unpaired) electrons. The van der Waals surface area contributed by atoms with Gasteiger partial charge in [0, 0.05) is 17.5 Å². The van der Waals surface area contributed by atoms with Crippen LogP contribution in [0.2, 0.25) is 0 Å². The molecule has 0 saturated heterocycles. The molecular formula is C13H13NO5S2. The van der Waals surface area contributed by atoms with Gasteiger partial charge in [-0.3, -0.25) is 0 Å². The van der Waals surface area contributed by atoms with Gasteiger partial charge in [0.2, 0.25) is 10.9 Å². The molecule has 0 aromatic carbocycles. The Morgan fingerprint density at radius 2 is 2.14 bits per heavy atom. The molecule has 1 aliphatic rings. The van der Waals surface area contributed by atoms with Crippen LogP contribution in [0.1, 0.15) is 28.3 Å². The highest BCUT2D eigenvalue weighted by molar-refractivity contribution is 7.89. The monoisotopic (exact) mass is 327 g/mol. The van der Waals surface area contributed by atoms with E-state index in [1.807, 2.05) is 17.5 Å². The average molecular weight is 327 g/mol. The molecule has 2 aromatic heterocycles. The highest BCUT2D eigenvalue weighted by atomic mass is 32.2. The summed E-state index contributed by atoms with van der Waals surface area (Å²) >= 11 is 1.49. The molecule has 21 heavy (non-hydrogen) atoms. The van der Waals surface area contributed by atoms with E-state index in [1.165, 1.54) is 21.7 Å². The molecule has 1 fully saturated rings. The van der Waals surface area contributed by atoms with Crippen LogP contribution in [0, 0.1) is 0 Å². The van der Waals surface area contributed by atoms with Gasteiger partial charge in [-0.1, -0.05) is 6.07 Å². The highest BCUT2D eigenvalue weighted by Gasteiger charge is 2.40. The summed E-state index contributed by atoms with van der Waals surface area (Å²) in [6, 6.07) is 6.07. The van der Waals surface area contributed by atoms with Crippen LogP contribution in [-0.2, 0) is 16.6 Å². The summed E-state index contributed by atoms with van der Waals surface area (Å²) in [5, 5.41) is 10.4. The molecule has 0 atom stereocenters. The largest absolute Gasteiger partial charge is 0.475 e. The highest BCUT2D eigenvalue weighted by Crippen LogP contribution is 2.34. The summed E-state index contributed by atoms with van der Waals surface area (Å²) in [5.74, 6) is -1.66. The summed E-state index contributed by atoms with van der Waals surface area (Å²) in [6.07, 6.45) is 1.63. The summed E-state index contributed by atoms with van der Waals surface area (Å²) in [7, 11) is -3.82. The maximum absolute atomic E-state index is 12.6. The summed E-state index contributed by atoms with van der Waals surface area (Å²) in [4.78, 5) is 11.8. The molecule has 0 amide bonds. The summed E-state index contributed by atoms with van der Waals surface area (Å²) in [6.45, 7) is 0.285. The van der Waals surface area contributed by atoms with Gasteiger partial charge < -0.3 is 9.52 Å². The number of nitrogens with zero attached hydrogens (tertiary/aromatic N) is 1. The van der Waals surface area contributed by atoms with Crippen molar-refractivity contribution in [1.82, 2.24) is 4.31 Å². The Bertz CT molecular complexity index is 743. The number of carboxylic acids is 1. The van der Waals surface area contributed by atoms with Gasteiger partial charge in [-0.15, -0.1) is 11.3 Å². The number of hydrogen-bond donors (Lipinski definition) is 1. The van der Waals surface area contributed by atoms with Crippen molar-refractivity contribution >= 4 is 27.3 Å². The number of thiophene rings is 1. The van der Waals surface area contributed by atoms with Crippen molar-refractivity contribution in [2.45, 2.75) is 30.5 Å². The van der Waals surface area contributed by atoms with Gasteiger partial charge in [-0.2, -0.15) is 4.31 Å². The molecule has 0 aliphatic heterocycles. The minimum absolute atomic E-state index is 0.0320. The van der Waals surface area contributed by atoms with Crippen LogP contribution in [0.5, 0.6) is 0 Å². The predicted molar refractivity (Wildman–Crippen MR) is 75.7 cm³/mol. The van der Waals surface area contributed by atoms with E-state index >= 15 is 0 Å². The quantitative estimate of drug-likeness (QED) is 0.880. The fourth-order valence-electron chi connectivity index (χ4n) is 2.02. The Morgan fingerprint density at radius 3 is 2.67 bits per heavy atom. The minimum atomic E-state index is -3.82. The second-order valence-corrected chi connectivity index (χ2v) is 7.64. The van der Waals surface area contributed by atoms with Crippen molar-refractivity contribution in [2.24, 2.45) is 0 Å². The zero-order valence-electron chi connectivity index (χ0n) is 10.9. The Labute approximate surface area is 125 Å². The fourth-order valence-corrected chi connectivity index (χ4v) is 4.38. The molecule has 6 nitrogen and oxygen atoms in total.